The Morgan fingerprint density at radius 2 is 1.42 bits per heavy atom. The summed E-state index contributed by atoms with van der Waals surface area (Å²) in [5, 5.41) is 0. The molecule has 4 heteroatoms. The standard InChI is InChI=1S/C20H26O4/c1-6-23-18-13-19(22-5)20(24-7-2)12-17(18)14(3)15-8-10-16(21-4)11-9-15/h8-14H,6-7H2,1-5H3. The minimum Gasteiger partial charge on any atom is -0.497 e. The van der Waals surface area contributed by atoms with Gasteiger partial charge in [-0.25, -0.2) is 0 Å². The molecule has 0 radical (unpaired) electrons. The van der Waals surface area contributed by atoms with E-state index in [4.69, 9.17) is 18.9 Å². The van der Waals surface area contributed by atoms with Gasteiger partial charge in [-0.05, 0) is 37.6 Å². The van der Waals surface area contributed by atoms with Gasteiger partial charge in [0.05, 0.1) is 27.4 Å². The molecule has 2 rings (SSSR count). The van der Waals surface area contributed by atoms with Gasteiger partial charge in [0.1, 0.15) is 11.5 Å². The number of hydrogen-bond donors (Lipinski definition) is 0. The van der Waals surface area contributed by atoms with Gasteiger partial charge >= 0.3 is 0 Å². The van der Waals surface area contributed by atoms with Crippen LogP contribution in [0.3, 0.4) is 0 Å². The number of benzene rings is 2. The van der Waals surface area contributed by atoms with Crippen LogP contribution in [0.2, 0.25) is 0 Å². The number of hydrogen-bond acceptors (Lipinski definition) is 4. The van der Waals surface area contributed by atoms with E-state index in [9.17, 15) is 0 Å². The molecule has 0 aliphatic carbocycles. The Hall–Kier alpha value is -2.36. The second-order valence-electron chi connectivity index (χ2n) is 5.40. The molecule has 2 aromatic rings. The number of ether oxygens (including phenoxy) is 4. The Morgan fingerprint density at radius 3 is 1.96 bits per heavy atom. The Balaban J connectivity index is 2.45. The van der Waals surface area contributed by atoms with Crippen LogP contribution in [0.15, 0.2) is 36.4 Å². The van der Waals surface area contributed by atoms with E-state index in [2.05, 4.69) is 19.1 Å². The maximum Gasteiger partial charge on any atom is 0.164 e. The highest BCUT2D eigenvalue weighted by Crippen LogP contribution is 2.40. The lowest BCUT2D eigenvalue weighted by molar-refractivity contribution is 0.302. The maximum atomic E-state index is 5.84. The molecule has 0 amide bonds. The van der Waals surface area contributed by atoms with E-state index in [0.29, 0.717) is 19.0 Å². The van der Waals surface area contributed by atoms with Crippen molar-refractivity contribution < 1.29 is 18.9 Å². The molecular weight excluding hydrogens is 304 g/mol. The zero-order valence-electron chi connectivity index (χ0n) is 15.1. The molecule has 0 saturated heterocycles. The van der Waals surface area contributed by atoms with Crippen molar-refractivity contribution in [2.45, 2.75) is 26.7 Å². The van der Waals surface area contributed by atoms with Crippen molar-refractivity contribution in [3.63, 3.8) is 0 Å². The van der Waals surface area contributed by atoms with Crippen molar-refractivity contribution in [2.75, 3.05) is 27.4 Å². The van der Waals surface area contributed by atoms with Crippen LogP contribution in [0.4, 0.5) is 0 Å². The predicted molar refractivity (Wildman–Crippen MR) is 95.8 cm³/mol. The summed E-state index contributed by atoms with van der Waals surface area (Å²) in [5.41, 5.74) is 2.26. The van der Waals surface area contributed by atoms with Crippen molar-refractivity contribution in [1.29, 1.82) is 0 Å². The fourth-order valence-electron chi connectivity index (χ4n) is 2.68. The molecule has 2 aromatic carbocycles. The smallest absolute Gasteiger partial charge is 0.164 e. The molecule has 0 spiro atoms. The quantitative estimate of drug-likeness (QED) is 0.706. The first-order chi connectivity index (χ1) is 11.6. The molecule has 130 valence electrons. The van der Waals surface area contributed by atoms with Crippen molar-refractivity contribution in [3.8, 4) is 23.0 Å². The lowest BCUT2D eigenvalue weighted by Crippen LogP contribution is -2.05. The molecule has 1 unspecified atom stereocenters. The molecular formula is C20H26O4. The van der Waals surface area contributed by atoms with Gasteiger partial charge in [-0.3, -0.25) is 0 Å². The predicted octanol–water partition coefficient (Wildman–Crippen LogP) is 4.65. The molecule has 0 aliphatic heterocycles. The number of rotatable bonds is 8. The molecule has 0 aliphatic rings. The summed E-state index contributed by atoms with van der Waals surface area (Å²) in [6, 6.07) is 12.0. The van der Waals surface area contributed by atoms with Crippen LogP contribution in [0.25, 0.3) is 0 Å². The van der Waals surface area contributed by atoms with Gasteiger partial charge in [0.2, 0.25) is 0 Å². The van der Waals surface area contributed by atoms with E-state index in [-0.39, 0.29) is 5.92 Å². The molecule has 0 N–H and O–H groups in total. The summed E-state index contributed by atoms with van der Waals surface area (Å²) < 4.78 is 22.2. The Labute approximate surface area is 144 Å². The summed E-state index contributed by atoms with van der Waals surface area (Å²) >= 11 is 0. The summed E-state index contributed by atoms with van der Waals surface area (Å²) in [6.07, 6.45) is 0. The minimum atomic E-state index is 0.155. The first-order valence-electron chi connectivity index (χ1n) is 8.26. The summed E-state index contributed by atoms with van der Waals surface area (Å²) in [7, 11) is 3.31. The van der Waals surface area contributed by atoms with Gasteiger partial charge in [-0.15, -0.1) is 0 Å². The van der Waals surface area contributed by atoms with E-state index in [1.807, 2.05) is 38.1 Å². The normalized spacial score (nSPS) is 11.7. The van der Waals surface area contributed by atoms with E-state index >= 15 is 0 Å². The lowest BCUT2D eigenvalue weighted by atomic mass is 9.92. The number of methoxy groups -OCH3 is 2. The monoisotopic (exact) mass is 330 g/mol. The van der Waals surface area contributed by atoms with E-state index in [1.165, 1.54) is 5.56 Å². The molecule has 24 heavy (non-hydrogen) atoms. The van der Waals surface area contributed by atoms with E-state index in [1.54, 1.807) is 14.2 Å². The van der Waals surface area contributed by atoms with Crippen LogP contribution in [0.5, 0.6) is 23.0 Å². The lowest BCUT2D eigenvalue weighted by Gasteiger charge is -2.20. The highest BCUT2D eigenvalue weighted by molar-refractivity contribution is 5.54. The average Bonchev–Trinajstić information content (AvgIpc) is 2.62. The highest BCUT2D eigenvalue weighted by atomic mass is 16.5. The molecule has 0 saturated carbocycles. The highest BCUT2D eigenvalue weighted by Gasteiger charge is 2.19. The largest absolute Gasteiger partial charge is 0.497 e. The molecule has 1 atom stereocenters. The second kappa shape index (κ2) is 8.48. The fraction of sp³-hybridized carbons (Fsp3) is 0.400. The zero-order valence-corrected chi connectivity index (χ0v) is 15.1. The fourth-order valence-corrected chi connectivity index (χ4v) is 2.68. The summed E-state index contributed by atoms with van der Waals surface area (Å²) in [4.78, 5) is 0. The molecule has 0 bridgehead atoms. The van der Waals surface area contributed by atoms with Gasteiger partial charge in [-0.2, -0.15) is 0 Å². The van der Waals surface area contributed by atoms with Gasteiger partial charge in [0, 0.05) is 17.5 Å². The molecule has 0 heterocycles. The van der Waals surface area contributed by atoms with Gasteiger partial charge in [0.25, 0.3) is 0 Å². The van der Waals surface area contributed by atoms with Crippen LogP contribution in [-0.2, 0) is 0 Å². The Morgan fingerprint density at radius 1 is 0.792 bits per heavy atom. The Bertz CT molecular complexity index is 649. The van der Waals surface area contributed by atoms with Gasteiger partial charge < -0.3 is 18.9 Å². The second-order valence-corrected chi connectivity index (χ2v) is 5.40. The molecule has 0 fully saturated rings. The first kappa shape index (κ1) is 18.0. The minimum absolute atomic E-state index is 0.155. The average molecular weight is 330 g/mol. The van der Waals surface area contributed by atoms with Crippen LogP contribution < -0.4 is 18.9 Å². The zero-order chi connectivity index (χ0) is 17.5. The SMILES string of the molecule is CCOc1cc(C(C)c2ccc(OC)cc2)c(OCC)cc1OC. The van der Waals surface area contributed by atoms with Crippen LogP contribution >= 0.6 is 0 Å². The maximum absolute atomic E-state index is 5.84. The van der Waals surface area contributed by atoms with Crippen LogP contribution in [-0.4, -0.2) is 27.4 Å². The van der Waals surface area contributed by atoms with Gasteiger partial charge in [-0.1, -0.05) is 19.1 Å². The summed E-state index contributed by atoms with van der Waals surface area (Å²) in [6.45, 7) is 7.27. The van der Waals surface area contributed by atoms with Crippen molar-refractivity contribution >= 4 is 0 Å². The topological polar surface area (TPSA) is 36.9 Å². The third-order valence-corrected chi connectivity index (χ3v) is 3.98. The first-order valence-corrected chi connectivity index (χ1v) is 8.26. The molecule has 0 aromatic heterocycles. The molecule has 4 nitrogen and oxygen atoms in total. The van der Waals surface area contributed by atoms with Crippen molar-refractivity contribution in [1.82, 2.24) is 0 Å². The van der Waals surface area contributed by atoms with Gasteiger partial charge in [0.15, 0.2) is 11.5 Å². The Kier molecular flexibility index (Phi) is 6.36. The third kappa shape index (κ3) is 3.94. The summed E-state index contributed by atoms with van der Waals surface area (Å²) in [5.74, 6) is 3.24. The van der Waals surface area contributed by atoms with Crippen LogP contribution in [0.1, 0.15) is 37.8 Å². The van der Waals surface area contributed by atoms with Crippen LogP contribution in [0, 0.1) is 0 Å². The third-order valence-electron chi connectivity index (χ3n) is 3.98. The van der Waals surface area contributed by atoms with Crippen molar-refractivity contribution in [3.05, 3.63) is 47.5 Å². The van der Waals surface area contributed by atoms with Crippen molar-refractivity contribution in [2.24, 2.45) is 0 Å². The van der Waals surface area contributed by atoms with E-state index < -0.39 is 0 Å². The van der Waals surface area contributed by atoms with E-state index in [0.717, 1.165) is 22.8 Å².